The zero-order valence-corrected chi connectivity index (χ0v) is 13.5. The largest absolute Gasteiger partial charge is 0.388 e. The zero-order valence-electron chi connectivity index (χ0n) is 11.9. The van der Waals surface area contributed by atoms with Gasteiger partial charge >= 0.3 is 0 Å². The molecule has 0 bridgehead atoms. The van der Waals surface area contributed by atoms with Crippen LogP contribution in [0.25, 0.3) is 0 Å². The van der Waals surface area contributed by atoms with Gasteiger partial charge in [-0.3, -0.25) is 0 Å². The number of aliphatic hydroxyl groups is 1. The van der Waals surface area contributed by atoms with Crippen molar-refractivity contribution in [3.8, 4) is 0 Å². The number of benzene rings is 2. The number of hydrogen-bond acceptors (Lipinski definition) is 1. The Labute approximate surface area is 127 Å². The summed E-state index contributed by atoms with van der Waals surface area (Å²) < 4.78 is 14.2. The van der Waals surface area contributed by atoms with Gasteiger partial charge in [0, 0.05) is 10.9 Å². The summed E-state index contributed by atoms with van der Waals surface area (Å²) >= 11 is 3.53. The SMILES string of the molecule is Cc1cc(F)ccc1CC(O)c1cc(C)c(Br)c(C)c1. The molecule has 2 aromatic rings. The molecule has 2 rings (SSSR count). The van der Waals surface area contributed by atoms with Gasteiger partial charge in [-0.05, 0) is 60.7 Å². The minimum Gasteiger partial charge on any atom is -0.388 e. The molecular formula is C17H18BrFO. The molecule has 0 aliphatic heterocycles. The van der Waals surface area contributed by atoms with Crippen LogP contribution in [0.4, 0.5) is 4.39 Å². The lowest BCUT2D eigenvalue weighted by Gasteiger charge is -2.15. The Morgan fingerprint density at radius 2 is 1.65 bits per heavy atom. The van der Waals surface area contributed by atoms with Gasteiger partial charge in [0.05, 0.1) is 6.10 Å². The maximum absolute atomic E-state index is 13.1. The van der Waals surface area contributed by atoms with Crippen LogP contribution in [-0.2, 0) is 6.42 Å². The average Bonchev–Trinajstić information content (AvgIpc) is 2.38. The number of halogens is 2. The number of aryl methyl sites for hydroxylation is 3. The van der Waals surface area contributed by atoms with E-state index in [0.717, 1.165) is 32.3 Å². The molecule has 0 spiro atoms. The van der Waals surface area contributed by atoms with E-state index in [1.165, 1.54) is 12.1 Å². The smallest absolute Gasteiger partial charge is 0.123 e. The minimum atomic E-state index is -0.579. The van der Waals surface area contributed by atoms with E-state index in [1.807, 2.05) is 32.9 Å². The second-order valence-electron chi connectivity index (χ2n) is 5.26. The fourth-order valence-electron chi connectivity index (χ4n) is 2.39. The van der Waals surface area contributed by atoms with Crippen LogP contribution in [0.2, 0.25) is 0 Å². The molecule has 0 saturated carbocycles. The van der Waals surface area contributed by atoms with E-state index in [-0.39, 0.29) is 5.82 Å². The van der Waals surface area contributed by atoms with Crippen LogP contribution >= 0.6 is 15.9 Å². The number of aliphatic hydroxyl groups excluding tert-OH is 1. The Morgan fingerprint density at radius 1 is 1.05 bits per heavy atom. The number of hydrogen-bond donors (Lipinski definition) is 1. The molecule has 0 heterocycles. The van der Waals surface area contributed by atoms with Gasteiger partial charge in [-0.1, -0.05) is 34.1 Å². The summed E-state index contributed by atoms with van der Waals surface area (Å²) in [7, 11) is 0. The summed E-state index contributed by atoms with van der Waals surface area (Å²) in [4.78, 5) is 0. The summed E-state index contributed by atoms with van der Waals surface area (Å²) in [5, 5.41) is 10.4. The molecule has 20 heavy (non-hydrogen) atoms. The summed E-state index contributed by atoms with van der Waals surface area (Å²) in [5.74, 6) is -0.240. The average molecular weight is 337 g/mol. The van der Waals surface area contributed by atoms with Crippen molar-refractivity contribution in [3.63, 3.8) is 0 Å². The second kappa shape index (κ2) is 6.06. The Bertz CT molecular complexity index is 614. The van der Waals surface area contributed by atoms with Crippen molar-refractivity contribution in [1.82, 2.24) is 0 Å². The highest BCUT2D eigenvalue weighted by atomic mass is 79.9. The quantitative estimate of drug-likeness (QED) is 0.854. The maximum Gasteiger partial charge on any atom is 0.123 e. The topological polar surface area (TPSA) is 20.2 Å². The maximum atomic E-state index is 13.1. The van der Waals surface area contributed by atoms with E-state index in [9.17, 15) is 9.50 Å². The van der Waals surface area contributed by atoms with Crippen molar-refractivity contribution < 1.29 is 9.50 Å². The van der Waals surface area contributed by atoms with Crippen LogP contribution in [0, 0.1) is 26.6 Å². The van der Waals surface area contributed by atoms with E-state index in [0.29, 0.717) is 6.42 Å². The third-order valence-electron chi connectivity index (χ3n) is 3.56. The van der Waals surface area contributed by atoms with Gasteiger partial charge in [0.2, 0.25) is 0 Å². The second-order valence-corrected chi connectivity index (χ2v) is 6.05. The molecule has 0 aliphatic carbocycles. The van der Waals surface area contributed by atoms with Crippen LogP contribution in [0.3, 0.4) is 0 Å². The Kier molecular flexibility index (Phi) is 4.61. The van der Waals surface area contributed by atoms with Gasteiger partial charge in [-0.25, -0.2) is 4.39 Å². The van der Waals surface area contributed by atoms with E-state index in [2.05, 4.69) is 15.9 Å². The molecule has 0 aliphatic rings. The highest BCUT2D eigenvalue weighted by Crippen LogP contribution is 2.27. The first-order valence-electron chi connectivity index (χ1n) is 6.58. The Balaban J connectivity index is 2.26. The molecule has 106 valence electrons. The van der Waals surface area contributed by atoms with Crippen molar-refractivity contribution >= 4 is 15.9 Å². The Morgan fingerprint density at radius 3 is 2.20 bits per heavy atom. The van der Waals surface area contributed by atoms with E-state index >= 15 is 0 Å². The third kappa shape index (κ3) is 3.28. The fraction of sp³-hybridized carbons (Fsp3) is 0.294. The van der Waals surface area contributed by atoms with Gasteiger partial charge in [-0.2, -0.15) is 0 Å². The van der Waals surface area contributed by atoms with Crippen LogP contribution in [0.1, 0.15) is 33.9 Å². The summed E-state index contributed by atoms with van der Waals surface area (Å²) in [6, 6.07) is 8.65. The van der Waals surface area contributed by atoms with Crippen LogP contribution in [-0.4, -0.2) is 5.11 Å². The molecule has 1 unspecified atom stereocenters. The number of rotatable bonds is 3. The molecule has 1 atom stereocenters. The lowest BCUT2D eigenvalue weighted by molar-refractivity contribution is 0.178. The predicted molar refractivity (Wildman–Crippen MR) is 83.4 cm³/mol. The van der Waals surface area contributed by atoms with Crippen molar-refractivity contribution in [2.24, 2.45) is 0 Å². The van der Waals surface area contributed by atoms with Gasteiger partial charge in [0.15, 0.2) is 0 Å². The van der Waals surface area contributed by atoms with Crippen molar-refractivity contribution in [3.05, 3.63) is 68.4 Å². The molecule has 1 nitrogen and oxygen atoms in total. The van der Waals surface area contributed by atoms with E-state index in [1.54, 1.807) is 6.07 Å². The summed E-state index contributed by atoms with van der Waals surface area (Å²) in [5.41, 5.74) is 4.95. The molecule has 1 N–H and O–H groups in total. The van der Waals surface area contributed by atoms with Crippen LogP contribution in [0.5, 0.6) is 0 Å². The highest BCUT2D eigenvalue weighted by molar-refractivity contribution is 9.10. The molecule has 0 amide bonds. The summed E-state index contributed by atoms with van der Waals surface area (Å²) in [6.07, 6.45) is -0.0863. The molecule has 3 heteroatoms. The molecule has 0 aromatic heterocycles. The Hall–Kier alpha value is -1.19. The minimum absolute atomic E-state index is 0.240. The van der Waals surface area contributed by atoms with Gasteiger partial charge in [0.1, 0.15) is 5.82 Å². The normalized spacial score (nSPS) is 12.5. The van der Waals surface area contributed by atoms with Crippen molar-refractivity contribution in [2.75, 3.05) is 0 Å². The molecule has 0 fully saturated rings. The first-order chi connectivity index (χ1) is 9.38. The van der Waals surface area contributed by atoms with E-state index < -0.39 is 6.10 Å². The van der Waals surface area contributed by atoms with Crippen LogP contribution in [0.15, 0.2) is 34.8 Å². The monoisotopic (exact) mass is 336 g/mol. The van der Waals surface area contributed by atoms with Gasteiger partial charge in [0.25, 0.3) is 0 Å². The molecule has 2 aromatic carbocycles. The lowest BCUT2D eigenvalue weighted by atomic mass is 9.96. The standard InChI is InChI=1S/C17H18BrFO/c1-10-8-15(19)5-4-13(10)9-16(20)14-6-11(2)17(18)12(3)7-14/h4-8,16,20H,9H2,1-3H3. The molecule has 0 saturated heterocycles. The third-order valence-corrected chi connectivity index (χ3v) is 4.81. The van der Waals surface area contributed by atoms with Crippen LogP contribution < -0.4 is 0 Å². The zero-order chi connectivity index (χ0) is 14.9. The molecular weight excluding hydrogens is 319 g/mol. The molecule has 0 radical (unpaired) electrons. The van der Waals surface area contributed by atoms with Crippen molar-refractivity contribution in [1.29, 1.82) is 0 Å². The van der Waals surface area contributed by atoms with Gasteiger partial charge < -0.3 is 5.11 Å². The first kappa shape index (κ1) is 15.2. The lowest BCUT2D eigenvalue weighted by Crippen LogP contribution is -2.04. The first-order valence-corrected chi connectivity index (χ1v) is 7.37. The van der Waals surface area contributed by atoms with E-state index in [4.69, 9.17) is 0 Å². The van der Waals surface area contributed by atoms with Crippen molar-refractivity contribution in [2.45, 2.75) is 33.3 Å². The summed E-state index contributed by atoms with van der Waals surface area (Å²) in [6.45, 7) is 5.89. The predicted octanol–water partition coefficient (Wildman–Crippen LogP) is 4.79. The fourth-order valence-corrected chi connectivity index (χ4v) is 2.62. The van der Waals surface area contributed by atoms with Gasteiger partial charge in [-0.15, -0.1) is 0 Å². The highest BCUT2D eigenvalue weighted by Gasteiger charge is 2.13.